The predicted octanol–water partition coefficient (Wildman–Crippen LogP) is 2.92. The fourth-order valence-corrected chi connectivity index (χ4v) is 3.64. The fraction of sp³-hybridized carbons (Fsp3) is 0.476. The molecule has 1 atom stereocenters. The molecule has 1 N–H and O–H groups in total. The van der Waals surface area contributed by atoms with Crippen LogP contribution in [-0.2, 0) is 18.3 Å². The molecule has 1 aliphatic heterocycles. The van der Waals surface area contributed by atoms with Crippen molar-refractivity contribution in [1.82, 2.24) is 14.8 Å². The van der Waals surface area contributed by atoms with Gasteiger partial charge >= 0.3 is 0 Å². The summed E-state index contributed by atoms with van der Waals surface area (Å²) in [4.78, 5) is 14.8. The Bertz CT molecular complexity index is 702. The molecule has 0 bridgehead atoms. The second kappa shape index (κ2) is 8.90. The van der Waals surface area contributed by atoms with E-state index >= 15 is 0 Å². The van der Waals surface area contributed by atoms with E-state index in [-0.39, 0.29) is 11.9 Å². The molecule has 3 rings (SSSR count). The highest BCUT2D eigenvalue weighted by atomic mass is 16.5. The number of hydrogen-bond acceptors (Lipinski definition) is 3. The molecule has 0 radical (unpaired) electrons. The quantitative estimate of drug-likeness (QED) is 0.792. The molecule has 1 aliphatic rings. The Balaban J connectivity index is 1.53. The van der Waals surface area contributed by atoms with Crippen molar-refractivity contribution in [2.75, 3.05) is 26.7 Å². The molecule has 1 fully saturated rings. The lowest BCUT2D eigenvalue weighted by molar-refractivity contribution is -0.121. The summed E-state index contributed by atoms with van der Waals surface area (Å²) in [7, 11) is 3.73. The monoisotopic (exact) mass is 355 g/mol. The van der Waals surface area contributed by atoms with E-state index in [1.165, 1.54) is 18.5 Å². The standard InChI is InChI=1S/C21H29N3O2/c1-23-13-5-6-19(23)20(24-14-3-4-15-24)16-22-21(25)12-9-17-7-10-18(26-2)11-8-17/h5-8,10-11,13,20H,3-4,9,12,14-16H2,1-2H3,(H,22,25). The summed E-state index contributed by atoms with van der Waals surface area (Å²) in [5.41, 5.74) is 2.42. The molecule has 26 heavy (non-hydrogen) atoms. The number of likely N-dealkylation sites (tertiary alicyclic amines) is 1. The summed E-state index contributed by atoms with van der Waals surface area (Å²) >= 11 is 0. The molecule has 5 heteroatoms. The average molecular weight is 355 g/mol. The lowest BCUT2D eigenvalue weighted by atomic mass is 10.1. The van der Waals surface area contributed by atoms with E-state index in [1.54, 1.807) is 7.11 Å². The number of aryl methyl sites for hydroxylation is 2. The molecule has 5 nitrogen and oxygen atoms in total. The third kappa shape index (κ3) is 4.67. The largest absolute Gasteiger partial charge is 0.497 e. The van der Waals surface area contributed by atoms with Gasteiger partial charge in [0.2, 0.25) is 5.91 Å². The molecule has 1 amide bonds. The topological polar surface area (TPSA) is 46.5 Å². The van der Waals surface area contributed by atoms with Crippen LogP contribution in [0.1, 0.15) is 36.6 Å². The van der Waals surface area contributed by atoms with Crippen LogP contribution in [-0.4, -0.2) is 42.1 Å². The Labute approximate surface area is 156 Å². The van der Waals surface area contributed by atoms with Crippen molar-refractivity contribution in [3.05, 3.63) is 53.9 Å². The van der Waals surface area contributed by atoms with Crippen molar-refractivity contribution in [2.45, 2.75) is 31.7 Å². The van der Waals surface area contributed by atoms with Gasteiger partial charge in [-0.15, -0.1) is 0 Å². The van der Waals surface area contributed by atoms with Crippen molar-refractivity contribution in [1.29, 1.82) is 0 Å². The number of benzene rings is 1. The van der Waals surface area contributed by atoms with Gasteiger partial charge in [0.15, 0.2) is 0 Å². The third-order valence-corrected chi connectivity index (χ3v) is 5.20. The molecule has 1 unspecified atom stereocenters. The summed E-state index contributed by atoms with van der Waals surface area (Å²) in [6.45, 7) is 2.88. The molecule has 2 heterocycles. The average Bonchev–Trinajstić information content (AvgIpc) is 3.33. The molecule has 0 spiro atoms. The minimum atomic E-state index is 0.110. The second-order valence-corrected chi connectivity index (χ2v) is 6.95. The van der Waals surface area contributed by atoms with Crippen LogP contribution in [0.15, 0.2) is 42.6 Å². The van der Waals surface area contributed by atoms with Crippen LogP contribution in [0, 0.1) is 0 Å². The van der Waals surface area contributed by atoms with Crippen LogP contribution < -0.4 is 10.1 Å². The second-order valence-electron chi connectivity index (χ2n) is 6.95. The van der Waals surface area contributed by atoms with E-state index < -0.39 is 0 Å². The van der Waals surface area contributed by atoms with Crippen molar-refractivity contribution in [3.8, 4) is 5.75 Å². The van der Waals surface area contributed by atoms with Gasteiger partial charge in [-0.2, -0.15) is 0 Å². The number of rotatable bonds is 8. The van der Waals surface area contributed by atoms with Gasteiger partial charge in [-0.3, -0.25) is 9.69 Å². The summed E-state index contributed by atoms with van der Waals surface area (Å²) in [6, 6.07) is 12.4. The lowest BCUT2D eigenvalue weighted by Gasteiger charge is -2.28. The number of carbonyl (C=O) groups excluding carboxylic acids is 1. The molecule has 0 saturated carbocycles. The van der Waals surface area contributed by atoms with Gasteiger partial charge in [-0.25, -0.2) is 0 Å². The van der Waals surface area contributed by atoms with E-state index in [0.29, 0.717) is 13.0 Å². The van der Waals surface area contributed by atoms with E-state index in [0.717, 1.165) is 30.8 Å². The van der Waals surface area contributed by atoms with Crippen LogP contribution in [0.3, 0.4) is 0 Å². The molecular formula is C21H29N3O2. The Kier molecular flexibility index (Phi) is 6.34. The number of nitrogens with zero attached hydrogens (tertiary/aromatic N) is 2. The van der Waals surface area contributed by atoms with Crippen molar-refractivity contribution in [2.24, 2.45) is 7.05 Å². The highest BCUT2D eigenvalue weighted by Crippen LogP contribution is 2.24. The molecule has 0 aliphatic carbocycles. The summed E-state index contributed by atoms with van der Waals surface area (Å²) in [5, 5.41) is 3.15. The zero-order valence-electron chi connectivity index (χ0n) is 15.8. The zero-order chi connectivity index (χ0) is 18.4. The Morgan fingerprint density at radius 1 is 1.19 bits per heavy atom. The number of carbonyl (C=O) groups is 1. The van der Waals surface area contributed by atoms with Crippen LogP contribution in [0.5, 0.6) is 5.75 Å². The maximum absolute atomic E-state index is 12.4. The minimum absolute atomic E-state index is 0.110. The van der Waals surface area contributed by atoms with Crippen LogP contribution >= 0.6 is 0 Å². The Morgan fingerprint density at radius 2 is 1.92 bits per heavy atom. The first-order valence-corrected chi connectivity index (χ1v) is 9.42. The van der Waals surface area contributed by atoms with Gasteiger partial charge in [0.05, 0.1) is 13.2 Å². The van der Waals surface area contributed by atoms with Gasteiger partial charge in [0.1, 0.15) is 5.75 Å². The molecule has 1 aromatic carbocycles. The number of ether oxygens (including phenoxy) is 1. The third-order valence-electron chi connectivity index (χ3n) is 5.20. The van der Waals surface area contributed by atoms with Gasteiger partial charge in [0, 0.05) is 31.9 Å². The first-order valence-electron chi connectivity index (χ1n) is 9.42. The fourth-order valence-electron chi connectivity index (χ4n) is 3.64. The Morgan fingerprint density at radius 3 is 2.54 bits per heavy atom. The zero-order valence-corrected chi connectivity index (χ0v) is 15.8. The van der Waals surface area contributed by atoms with Crippen molar-refractivity contribution < 1.29 is 9.53 Å². The van der Waals surface area contributed by atoms with Gasteiger partial charge < -0.3 is 14.6 Å². The molecule has 140 valence electrons. The highest BCUT2D eigenvalue weighted by Gasteiger charge is 2.25. The maximum Gasteiger partial charge on any atom is 0.220 e. The summed E-state index contributed by atoms with van der Waals surface area (Å²) in [5.74, 6) is 0.952. The maximum atomic E-state index is 12.4. The van der Waals surface area contributed by atoms with Gasteiger partial charge in [-0.05, 0) is 62.2 Å². The van der Waals surface area contributed by atoms with E-state index in [9.17, 15) is 4.79 Å². The van der Waals surface area contributed by atoms with Crippen molar-refractivity contribution >= 4 is 5.91 Å². The number of methoxy groups -OCH3 is 1. The molecular weight excluding hydrogens is 326 g/mol. The molecule has 2 aromatic rings. The predicted molar refractivity (Wildman–Crippen MR) is 103 cm³/mol. The van der Waals surface area contributed by atoms with Gasteiger partial charge in [-0.1, -0.05) is 12.1 Å². The minimum Gasteiger partial charge on any atom is -0.497 e. The normalized spacial score (nSPS) is 15.8. The number of aromatic nitrogens is 1. The number of hydrogen-bond donors (Lipinski definition) is 1. The Hall–Kier alpha value is -2.27. The summed E-state index contributed by atoms with van der Waals surface area (Å²) in [6.07, 6.45) is 5.81. The first kappa shape index (κ1) is 18.5. The van der Waals surface area contributed by atoms with Crippen LogP contribution in [0.25, 0.3) is 0 Å². The SMILES string of the molecule is COc1ccc(CCC(=O)NCC(c2cccn2C)N2CCCC2)cc1. The first-order chi connectivity index (χ1) is 12.7. The van der Waals surface area contributed by atoms with Crippen LogP contribution in [0.4, 0.5) is 0 Å². The van der Waals surface area contributed by atoms with E-state index in [4.69, 9.17) is 4.74 Å². The van der Waals surface area contributed by atoms with Crippen molar-refractivity contribution in [3.63, 3.8) is 0 Å². The van der Waals surface area contributed by atoms with E-state index in [1.807, 2.05) is 24.3 Å². The molecule has 1 saturated heterocycles. The van der Waals surface area contributed by atoms with Gasteiger partial charge in [0.25, 0.3) is 0 Å². The van der Waals surface area contributed by atoms with E-state index in [2.05, 4.69) is 40.2 Å². The smallest absolute Gasteiger partial charge is 0.220 e. The molecule has 1 aromatic heterocycles. The summed E-state index contributed by atoms with van der Waals surface area (Å²) < 4.78 is 7.33. The van der Waals surface area contributed by atoms with Crippen LogP contribution in [0.2, 0.25) is 0 Å². The number of nitrogens with one attached hydrogen (secondary N) is 1. The number of amides is 1. The highest BCUT2D eigenvalue weighted by molar-refractivity contribution is 5.76. The lowest BCUT2D eigenvalue weighted by Crippen LogP contribution is -2.37.